The van der Waals surface area contributed by atoms with Crippen molar-refractivity contribution in [2.24, 2.45) is 0 Å². The van der Waals surface area contributed by atoms with Crippen molar-refractivity contribution in [1.82, 2.24) is 0 Å². The van der Waals surface area contributed by atoms with Gasteiger partial charge in [0.1, 0.15) is 4.83 Å². The molecule has 0 aliphatic rings. The van der Waals surface area contributed by atoms with Crippen LogP contribution in [-0.4, -0.2) is 0 Å². The highest BCUT2D eigenvalue weighted by Crippen LogP contribution is 2.28. The summed E-state index contributed by atoms with van der Waals surface area (Å²) < 4.78 is 0. The number of halogens is 1. The zero-order valence-corrected chi connectivity index (χ0v) is 9.03. The molecule has 0 spiro atoms. The van der Waals surface area contributed by atoms with Gasteiger partial charge in [0.25, 0.3) is 0 Å². The van der Waals surface area contributed by atoms with Gasteiger partial charge in [-0.3, -0.25) is 0 Å². The fourth-order valence-corrected chi connectivity index (χ4v) is 1.94. The Bertz CT molecular complexity index is 494. The lowest BCUT2D eigenvalue weighted by Crippen LogP contribution is -1.87. The van der Waals surface area contributed by atoms with Gasteiger partial charge in [0.05, 0.1) is 6.07 Å². The second-order valence-corrected chi connectivity index (χ2v) is 3.98. The molecule has 0 N–H and O–H groups in total. The first-order valence-electron chi connectivity index (χ1n) is 4.34. The van der Waals surface area contributed by atoms with E-state index in [1.165, 1.54) is 5.39 Å². The maximum Gasteiger partial charge on any atom is 0.127 e. The van der Waals surface area contributed by atoms with E-state index in [0.717, 1.165) is 10.9 Å². The predicted octanol–water partition coefficient (Wildman–Crippen LogP) is 3.80. The lowest BCUT2D eigenvalue weighted by atomic mass is 10.0. The van der Waals surface area contributed by atoms with Crippen LogP contribution in [0.4, 0.5) is 0 Å². The molecule has 1 nitrogen and oxygen atoms in total. The molecule has 1 unspecified atom stereocenters. The molecule has 2 rings (SSSR count). The largest absolute Gasteiger partial charge is 0.197 e. The number of alkyl halides is 1. The minimum atomic E-state index is -0.228. The number of hydrogen-bond donors (Lipinski definition) is 0. The lowest BCUT2D eigenvalue weighted by molar-refractivity contribution is 1.27. The van der Waals surface area contributed by atoms with Crippen molar-refractivity contribution in [1.29, 1.82) is 5.26 Å². The number of hydrogen-bond acceptors (Lipinski definition) is 1. The van der Waals surface area contributed by atoms with Crippen LogP contribution >= 0.6 is 15.9 Å². The zero-order valence-electron chi connectivity index (χ0n) is 7.44. The van der Waals surface area contributed by atoms with Gasteiger partial charge in [0, 0.05) is 0 Å². The van der Waals surface area contributed by atoms with E-state index < -0.39 is 0 Å². The summed E-state index contributed by atoms with van der Waals surface area (Å²) in [6.07, 6.45) is 0. The van der Waals surface area contributed by atoms with E-state index in [2.05, 4.69) is 34.1 Å². The molecule has 0 saturated carbocycles. The van der Waals surface area contributed by atoms with Gasteiger partial charge >= 0.3 is 0 Å². The van der Waals surface area contributed by atoms with E-state index in [9.17, 15) is 0 Å². The van der Waals surface area contributed by atoms with E-state index >= 15 is 0 Å². The van der Waals surface area contributed by atoms with Crippen molar-refractivity contribution in [3.05, 3.63) is 48.0 Å². The Hall–Kier alpha value is -1.33. The Morgan fingerprint density at radius 1 is 1.07 bits per heavy atom. The van der Waals surface area contributed by atoms with Gasteiger partial charge in [-0.15, -0.1) is 0 Å². The summed E-state index contributed by atoms with van der Waals surface area (Å²) in [5, 5.41) is 11.2. The molecule has 0 aromatic heterocycles. The number of nitriles is 1. The summed E-state index contributed by atoms with van der Waals surface area (Å²) in [5.74, 6) is 0. The highest BCUT2D eigenvalue weighted by molar-refractivity contribution is 9.09. The van der Waals surface area contributed by atoms with Crippen LogP contribution in [0.25, 0.3) is 10.8 Å². The van der Waals surface area contributed by atoms with E-state index in [4.69, 9.17) is 5.26 Å². The molecule has 68 valence electrons. The molecule has 0 fully saturated rings. The highest BCUT2D eigenvalue weighted by atomic mass is 79.9. The van der Waals surface area contributed by atoms with Crippen LogP contribution in [0, 0.1) is 11.3 Å². The molecule has 2 heteroatoms. The van der Waals surface area contributed by atoms with E-state index in [1.54, 1.807) is 0 Å². The maximum atomic E-state index is 8.85. The number of rotatable bonds is 1. The fourth-order valence-electron chi connectivity index (χ4n) is 1.54. The molecule has 2 aromatic carbocycles. The van der Waals surface area contributed by atoms with Gasteiger partial charge in [-0.1, -0.05) is 58.4 Å². The summed E-state index contributed by atoms with van der Waals surface area (Å²) in [6.45, 7) is 0. The molecular weight excluding hydrogens is 238 g/mol. The van der Waals surface area contributed by atoms with Crippen molar-refractivity contribution >= 4 is 26.7 Å². The van der Waals surface area contributed by atoms with Gasteiger partial charge in [0.2, 0.25) is 0 Å². The highest BCUT2D eigenvalue weighted by Gasteiger charge is 2.08. The third-order valence-electron chi connectivity index (χ3n) is 2.21. The molecule has 1 atom stereocenters. The van der Waals surface area contributed by atoms with Crippen molar-refractivity contribution in [3.63, 3.8) is 0 Å². The Balaban J connectivity index is 2.72. The lowest BCUT2D eigenvalue weighted by Gasteiger charge is -2.05. The topological polar surface area (TPSA) is 23.8 Å². The predicted molar refractivity (Wildman–Crippen MR) is 61.2 cm³/mol. The maximum absolute atomic E-state index is 8.85. The van der Waals surface area contributed by atoms with Gasteiger partial charge in [-0.2, -0.15) is 5.26 Å². The number of fused-ring (bicyclic) bond motifs is 1. The first-order valence-corrected chi connectivity index (χ1v) is 5.26. The Morgan fingerprint density at radius 2 is 1.79 bits per heavy atom. The third-order valence-corrected chi connectivity index (χ3v) is 2.91. The minimum Gasteiger partial charge on any atom is -0.197 e. The molecule has 0 amide bonds. The minimum absolute atomic E-state index is 0.228. The van der Waals surface area contributed by atoms with E-state index in [0.29, 0.717) is 0 Å². The average Bonchev–Trinajstić information content (AvgIpc) is 2.27. The summed E-state index contributed by atoms with van der Waals surface area (Å²) >= 11 is 3.34. The molecule has 0 aliphatic carbocycles. The van der Waals surface area contributed by atoms with Crippen molar-refractivity contribution in [2.45, 2.75) is 4.83 Å². The summed E-state index contributed by atoms with van der Waals surface area (Å²) in [4.78, 5) is -0.228. The standard InChI is InChI=1S/C12H8BrN/c13-12(8-14)11-7-3-5-9-4-1-2-6-10(9)11/h1-7,12H. The van der Waals surface area contributed by atoms with Crippen LogP contribution in [0.3, 0.4) is 0 Å². The molecule has 0 heterocycles. The van der Waals surface area contributed by atoms with Crippen molar-refractivity contribution < 1.29 is 0 Å². The number of benzene rings is 2. The summed E-state index contributed by atoms with van der Waals surface area (Å²) in [6, 6.07) is 16.3. The monoisotopic (exact) mass is 245 g/mol. The Morgan fingerprint density at radius 3 is 2.57 bits per heavy atom. The van der Waals surface area contributed by atoms with Gasteiger partial charge in [-0.25, -0.2) is 0 Å². The van der Waals surface area contributed by atoms with Crippen LogP contribution < -0.4 is 0 Å². The molecular formula is C12H8BrN. The van der Waals surface area contributed by atoms with Crippen LogP contribution in [-0.2, 0) is 0 Å². The second kappa shape index (κ2) is 3.81. The van der Waals surface area contributed by atoms with Crippen LogP contribution in [0.1, 0.15) is 10.4 Å². The SMILES string of the molecule is N#CC(Br)c1cccc2ccccc12. The zero-order chi connectivity index (χ0) is 9.97. The first kappa shape index (κ1) is 9.23. The normalized spacial score (nSPS) is 12.3. The van der Waals surface area contributed by atoms with E-state index in [-0.39, 0.29) is 4.83 Å². The Labute approximate surface area is 91.1 Å². The molecule has 0 saturated heterocycles. The van der Waals surface area contributed by atoms with E-state index in [1.807, 2.05) is 30.3 Å². The molecule has 2 aromatic rings. The van der Waals surface area contributed by atoms with Crippen molar-refractivity contribution in [2.75, 3.05) is 0 Å². The molecule has 0 radical (unpaired) electrons. The summed E-state index contributed by atoms with van der Waals surface area (Å²) in [5.41, 5.74) is 1.03. The second-order valence-electron chi connectivity index (χ2n) is 3.06. The van der Waals surface area contributed by atoms with Crippen LogP contribution in [0.5, 0.6) is 0 Å². The first-order chi connectivity index (χ1) is 6.83. The average molecular weight is 246 g/mol. The van der Waals surface area contributed by atoms with Gasteiger partial charge in [0.15, 0.2) is 0 Å². The third kappa shape index (κ3) is 1.51. The van der Waals surface area contributed by atoms with Crippen LogP contribution in [0.15, 0.2) is 42.5 Å². The van der Waals surface area contributed by atoms with Crippen LogP contribution in [0.2, 0.25) is 0 Å². The molecule has 14 heavy (non-hydrogen) atoms. The van der Waals surface area contributed by atoms with Crippen molar-refractivity contribution in [3.8, 4) is 6.07 Å². The van der Waals surface area contributed by atoms with Gasteiger partial charge in [-0.05, 0) is 16.3 Å². The fraction of sp³-hybridized carbons (Fsp3) is 0.0833. The number of nitrogens with zero attached hydrogens (tertiary/aromatic N) is 1. The smallest absolute Gasteiger partial charge is 0.127 e. The molecule has 0 bridgehead atoms. The van der Waals surface area contributed by atoms with Gasteiger partial charge < -0.3 is 0 Å². The summed E-state index contributed by atoms with van der Waals surface area (Å²) in [7, 11) is 0. The molecule has 0 aliphatic heterocycles. The quantitative estimate of drug-likeness (QED) is 0.702. The Kier molecular flexibility index (Phi) is 2.51.